The second kappa shape index (κ2) is 18.4. The second-order valence-corrected chi connectivity index (χ2v) is 10.8. The largest absolute Gasteiger partial charge is 0.472 e. The second-order valence-electron chi connectivity index (χ2n) is 9.38. The molecule has 0 bridgehead atoms. The Bertz CT molecular complexity index is 579. The topological polar surface area (TPSA) is 108 Å². The molecule has 9 nitrogen and oxygen atoms in total. The van der Waals surface area contributed by atoms with Crippen LogP contribution in [0.3, 0.4) is 0 Å². The lowest BCUT2D eigenvalue weighted by atomic mass is 10.1. The van der Waals surface area contributed by atoms with Crippen molar-refractivity contribution >= 4 is 19.8 Å². The molecule has 0 aromatic rings. The summed E-state index contributed by atoms with van der Waals surface area (Å²) >= 11 is 0. The van der Waals surface area contributed by atoms with Gasteiger partial charge in [0.25, 0.3) is 0 Å². The molecule has 0 rings (SSSR count). The maximum atomic E-state index is 12.2. The van der Waals surface area contributed by atoms with Crippen LogP contribution in [0.15, 0.2) is 0 Å². The Balaban J connectivity index is 4.56. The number of hydrogen-bond donors (Lipinski definition) is 1. The Morgan fingerprint density at radius 2 is 1.39 bits per heavy atom. The number of unbranched alkanes of at least 4 members (excludes halogenated alkanes) is 7. The lowest BCUT2D eigenvalue weighted by Crippen LogP contribution is -2.37. The van der Waals surface area contributed by atoms with Crippen molar-refractivity contribution in [2.45, 2.75) is 90.6 Å². The summed E-state index contributed by atoms with van der Waals surface area (Å²) in [6, 6.07) is 0. The molecule has 2 atom stereocenters. The van der Waals surface area contributed by atoms with Crippen LogP contribution in [-0.4, -0.2) is 74.9 Å². The summed E-state index contributed by atoms with van der Waals surface area (Å²) in [5, 5.41) is 0. The first-order chi connectivity index (χ1) is 15.5. The van der Waals surface area contributed by atoms with Gasteiger partial charge >= 0.3 is 19.8 Å². The minimum Gasteiger partial charge on any atom is -0.462 e. The smallest absolute Gasteiger partial charge is 0.462 e. The number of phosphoric acid groups is 1. The number of nitrogens with zero attached hydrogens (tertiary/aromatic N) is 1. The summed E-state index contributed by atoms with van der Waals surface area (Å²) in [6.45, 7) is 4.05. The van der Waals surface area contributed by atoms with Gasteiger partial charge in [-0.15, -0.1) is 0 Å². The first-order valence-electron chi connectivity index (χ1n) is 12.3. The average Bonchev–Trinajstić information content (AvgIpc) is 2.72. The summed E-state index contributed by atoms with van der Waals surface area (Å²) in [5.74, 6) is -0.850. The van der Waals surface area contributed by atoms with Crippen LogP contribution in [0, 0.1) is 0 Å². The Labute approximate surface area is 200 Å². The van der Waals surface area contributed by atoms with Crippen LogP contribution in [0.5, 0.6) is 0 Å². The number of esters is 2. The average molecular weight is 497 g/mol. The molecule has 0 radical (unpaired) electrons. The number of rotatable bonds is 21. The third kappa shape index (κ3) is 21.3. The molecular weight excluding hydrogens is 449 g/mol. The molecule has 196 valence electrons. The quantitative estimate of drug-likeness (QED) is 0.106. The van der Waals surface area contributed by atoms with Crippen molar-refractivity contribution in [1.29, 1.82) is 0 Å². The summed E-state index contributed by atoms with van der Waals surface area (Å²) in [5.41, 5.74) is 0. The van der Waals surface area contributed by atoms with Crippen LogP contribution < -0.4 is 0 Å². The standard InChI is InChI=1S/C23H46NO8P/c1-6-8-10-11-12-13-14-16-23(26)32-21(19-29-22(25)15-9-7-2)20-31-33(27,28)30-18-17-24(3,4)5/h21H,6-20H2,1-5H3/p+1. The van der Waals surface area contributed by atoms with E-state index in [1.54, 1.807) is 0 Å². The van der Waals surface area contributed by atoms with E-state index in [0.29, 0.717) is 23.9 Å². The fourth-order valence-electron chi connectivity index (χ4n) is 2.81. The fourth-order valence-corrected chi connectivity index (χ4v) is 3.55. The number of ether oxygens (including phenoxy) is 2. The van der Waals surface area contributed by atoms with Crippen LogP contribution in [0.25, 0.3) is 0 Å². The van der Waals surface area contributed by atoms with Crippen molar-refractivity contribution in [3.63, 3.8) is 0 Å². The molecule has 0 fully saturated rings. The lowest BCUT2D eigenvalue weighted by molar-refractivity contribution is -0.870. The van der Waals surface area contributed by atoms with E-state index in [4.69, 9.17) is 18.5 Å². The highest BCUT2D eigenvalue weighted by atomic mass is 31.2. The highest BCUT2D eigenvalue weighted by Gasteiger charge is 2.26. The zero-order valence-corrected chi connectivity index (χ0v) is 22.3. The predicted octanol–water partition coefficient (Wildman–Crippen LogP) is 4.61. The molecule has 0 spiro atoms. The van der Waals surface area contributed by atoms with Crippen LogP contribution in [-0.2, 0) is 32.7 Å². The molecule has 0 amide bonds. The van der Waals surface area contributed by atoms with Crippen LogP contribution in [0.2, 0.25) is 0 Å². The van der Waals surface area contributed by atoms with Crippen molar-refractivity contribution < 1.29 is 42.1 Å². The van der Waals surface area contributed by atoms with E-state index in [1.165, 1.54) is 19.3 Å². The van der Waals surface area contributed by atoms with Crippen molar-refractivity contribution in [3.05, 3.63) is 0 Å². The zero-order valence-electron chi connectivity index (χ0n) is 21.4. The number of phosphoric ester groups is 1. The lowest BCUT2D eigenvalue weighted by Gasteiger charge is -2.24. The molecule has 0 aromatic heterocycles. The van der Waals surface area contributed by atoms with Gasteiger partial charge in [0.1, 0.15) is 19.8 Å². The van der Waals surface area contributed by atoms with Gasteiger partial charge in [0.05, 0.1) is 27.7 Å². The zero-order chi connectivity index (χ0) is 25.2. The van der Waals surface area contributed by atoms with Gasteiger partial charge in [-0.3, -0.25) is 18.6 Å². The van der Waals surface area contributed by atoms with Crippen molar-refractivity contribution in [3.8, 4) is 0 Å². The Kier molecular flexibility index (Phi) is 17.8. The molecule has 10 heteroatoms. The summed E-state index contributed by atoms with van der Waals surface area (Å²) in [7, 11) is 1.47. The van der Waals surface area contributed by atoms with Gasteiger partial charge in [-0.25, -0.2) is 4.57 Å². The van der Waals surface area contributed by atoms with Gasteiger partial charge < -0.3 is 18.9 Å². The first kappa shape index (κ1) is 32.0. The number of likely N-dealkylation sites (N-methyl/N-ethyl adjacent to an activating group) is 1. The van der Waals surface area contributed by atoms with E-state index in [2.05, 4.69) is 6.92 Å². The number of quaternary nitrogens is 1. The SMILES string of the molecule is CCCCCCCCCC(=O)OC(COC(=O)CCCC)COP(=O)(O)OCC[N+](C)(C)C. The van der Waals surface area contributed by atoms with Crippen LogP contribution in [0.1, 0.15) is 84.5 Å². The molecule has 0 aromatic carbocycles. The van der Waals surface area contributed by atoms with Gasteiger partial charge in [-0.05, 0) is 12.8 Å². The Morgan fingerprint density at radius 3 is 2.00 bits per heavy atom. The van der Waals surface area contributed by atoms with Gasteiger partial charge in [0.15, 0.2) is 6.10 Å². The predicted molar refractivity (Wildman–Crippen MR) is 128 cm³/mol. The third-order valence-corrected chi connectivity index (χ3v) is 5.87. The molecule has 0 aliphatic carbocycles. The van der Waals surface area contributed by atoms with Crippen LogP contribution >= 0.6 is 7.82 Å². The van der Waals surface area contributed by atoms with Gasteiger partial charge in [-0.1, -0.05) is 58.8 Å². The van der Waals surface area contributed by atoms with Crippen molar-refractivity contribution in [1.82, 2.24) is 0 Å². The molecule has 0 heterocycles. The normalized spacial score (nSPS) is 14.5. The molecular formula is C23H47NO8P+. The number of carbonyl (C=O) groups is 2. The fraction of sp³-hybridized carbons (Fsp3) is 0.913. The number of carbonyl (C=O) groups excluding carboxylic acids is 2. The number of hydrogen-bond acceptors (Lipinski definition) is 7. The van der Waals surface area contributed by atoms with E-state index in [-0.39, 0.29) is 26.1 Å². The monoisotopic (exact) mass is 496 g/mol. The first-order valence-corrected chi connectivity index (χ1v) is 13.8. The summed E-state index contributed by atoms with van der Waals surface area (Å²) < 4.78 is 33.2. The Morgan fingerprint density at radius 1 is 0.818 bits per heavy atom. The molecule has 2 unspecified atom stereocenters. The molecule has 0 saturated carbocycles. The Hall–Kier alpha value is -0.990. The molecule has 33 heavy (non-hydrogen) atoms. The van der Waals surface area contributed by atoms with Crippen molar-refractivity contribution in [2.75, 3.05) is 47.5 Å². The maximum absolute atomic E-state index is 12.2. The highest BCUT2D eigenvalue weighted by molar-refractivity contribution is 7.47. The van der Waals surface area contributed by atoms with E-state index in [9.17, 15) is 19.0 Å². The highest BCUT2D eigenvalue weighted by Crippen LogP contribution is 2.43. The minimum absolute atomic E-state index is 0.0337. The molecule has 0 aliphatic rings. The maximum Gasteiger partial charge on any atom is 0.472 e. The molecule has 1 N–H and O–H groups in total. The molecule has 0 aliphatic heterocycles. The van der Waals surface area contributed by atoms with Gasteiger partial charge in [-0.2, -0.15) is 0 Å². The van der Waals surface area contributed by atoms with Gasteiger partial charge in [0, 0.05) is 12.8 Å². The van der Waals surface area contributed by atoms with Crippen LogP contribution in [0.4, 0.5) is 0 Å². The van der Waals surface area contributed by atoms with E-state index >= 15 is 0 Å². The molecule has 0 saturated heterocycles. The van der Waals surface area contributed by atoms with Gasteiger partial charge in [0.2, 0.25) is 0 Å². The minimum atomic E-state index is -4.32. The van der Waals surface area contributed by atoms with E-state index < -0.39 is 32.5 Å². The third-order valence-electron chi connectivity index (χ3n) is 4.89. The summed E-state index contributed by atoms with van der Waals surface area (Å²) in [4.78, 5) is 33.9. The van der Waals surface area contributed by atoms with Crippen molar-refractivity contribution in [2.24, 2.45) is 0 Å². The van der Waals surface area contributed by atoms with E-state index in [1.807, 2.05) is 28.1 Å². The van der Waals surface area contributed by atoms with E-state index in [0.717, 1.165) is 25.7 Å². The summed E-state index contributed by atoms with van der Waals surface area (Å²) in [6.07, 6.45) is 8.61.